The van der Waals surface area contributed by atoms with Crippen molar-refractivity contribution in [2.45, 2.75) is 31.2 Å². The fraction of sp³-hybridized carbons (Fsp3) is 0.273. The van der Waals surface area contributed by atoms with Gasteiger partial charge in [0.2, 0.25) is 0 Å². The largest absolute Gasteiger partial charge is 0.481 e. The van der Waals surface area contributed by atoms with Gasteiger partial charge in [-0.05, 0) is 61.4 Å². The predicted octanol–water partition coefficient (Wildman–Crippen LogP) is 5.08. The lowest BCUT2D eigenvalue weighted by Crippen LogP contribution is -2.49. The number of hydrogen-bond acceptors (Lipinski definition) is 5. The van der Waals surface area contributed by atoms with E-state index >= 15 is 0 Å². The first kappa shape index (κ1) is 21.4. The van der Waals surface area contributed by atoms with Crippen LogP contribution in [0.4, 0.5) is 11.4 Å². The van der Waals surface area contributed by atoms with Gasteiger partial charge >= 0.3 is 11.9 Å². The van der Waals surface area contributed by atoms with E-state index in [1.807, 2.05) is 17.0 Å². The zero-order chi connectivity index (χ0) is 22.0. The summed E-state index contributed by atoms with van der Waals surface area (Å²) < 4.78 is 0. The molecule has 0 bridgehead atoms. The molecule has 0 amide bonds. The van der Waals surface area contributed by atoms with Gasteiger partial charge in [0.15, 0.2) is 11.0 Å². The van der Waals surface area contributed by atoms with E-state index in [-0.39, 0.29) is 11.3 Å². The van der Waals surface area contributed by atoms with Crippen LogP contribution in [0.25, 0.3) is 0 Å². The number of hydrogen-bond donors (Lipinski definition) is 2. The maximum Gasteiger partial charge on any atom is 0.335 e. The van der Waals surface area contributed by atoms with Gasteiger partial charge in [-0.15, -0.1) is 0 Å². The number of benzene rings is 2. The Balaban J connectivity index is 1.79. The maximum atomic E-state index is 11.3. The van der Waals surface area contributed by atoms with Gasteiger partial charge in [0.25, 0.3) is 0 Å². The van der Waals surface area contributed by atoms with Gasteiger partial charge in [-0.1, -0.05) is 36.2 Å². The van der Waals surface area contributed by atoms with Gasteiger partial charge in [0.05, 0.1) is 17.0 Å². The summed E-state index contributed by atoms with van der Waals surface area (Å²) in [7, 11) is 0. The Morgan fingerprint density at radius 1 is 1.06 bits per heavy atom. The van der Waals surface area contributed by atoms with Crippen molar-refractivity contribution in [1.29, 1.82) is 0 Å². The lowest BCUT2D eigenvalue weighted by atomic mass is 9.94. The van der Waals surface area contributed by atoms with Gasteiger partial charge < -0.3 is 15.1 Å². The van der Waals surface area contributed by atoms with Gasteiger partial charge in [-0.2, -0.15) is 0 Å². The molecule has 1 aliphatic heterocycles. The molecule has 0 unspecified atom stereocenters. The summed E-state index contributed by atoms with van der Waals surface area (Å²) in [5, 5.41) is 19.6. The van der Waals surface area contributed by atoms with Gasteiger partial charge in [0, 0.05) is 10.7 Å². The van der Waals surface area contributed by atoms with E-state index in [9.17, 15) is 19.8 Å². The zero-order valence-corrected chi connectivity index (χ0v) is 18.1. The van der Waals surface area contributed by atoms with E-state index in [1.54, 1.807) is 36.4 Å². The summed E-state index contributed by atoms with van der Waals surface area (Å²) in [6, 6.07) is 13.8. The molecule has 1 aliphatic carbocycles. The van der Waals surface area contributed by atoms with Crippen molar-refractivity contribution in [1.82, 2.24) is 0 Å². The van der Waals surface area contributed by atoms with E-state index in [4.69, 9.17) is 21.6 Å². The number of thioether (sulfide) groups is 1. The Morgan fingerprint density at radius 3 is 2.29 bits per heavy atom. The average Bonchev–Trinajstić information content (AvgIpc) is 3.34. The van der Waals surface area contributed by atoms with Gasteiger partial charge in [-0.3, -0.25) is 4.79 Å². The second-order valence-electron chi connectivity index (χ2n) is 7.41. The molecule has 31 heavy (non-hydrogen) atoms. The minimum Gasteiger partial charge on any atom is -0.481 e. The van der Waals surface area contributed by atoms with Crippen molar-refractivity contribution >= 4 is 57.7 Å². The minimum absolute atomic E-state index is 0.132. The van der Waals surface area contributed by atoms with E-state index in [0.29, 0.717) is 16.0 Å². The molecule has 2 aromatic rings. The Labute approximate surface area is 188 Å². The van der Waals surface area contributed by atoms with Gasteiger partial charge in [-0.25, -0.2) is 14.8 Å². The molecule has 1 fully saturated rings. The van der Waals surface area contributed by atoms with Crippen LogP contribution in [0, 0.1) is 0 Å². The van der Waals surface area contributed by atoms with E-state index in [0.717, 1.165) is 48.8 Å². The summed E-state index contributed by atoms with van der Waals surface area (Å²) >= 11 is 7.14. The lowest BCUT2D eigenvalue weighted by Gasteiger charge is -2.36. The number of aliphatic carboxylic acids is 1. The van der Waals surface area contributed by atoms with Crippen LogP contribution < -0.4 is 4.90 Å². The van der Waals surface area contributed by atoms with Crippen LogP contribution >= 0.6 is 23.4 Å². The second kappa shape index (κ2) is 8.72. The van der Waals surface area contributed by atoms with E-state index < -0.39 is 17.5 Å². The van der Waals surface area contributed by atoms with Crippen LogP contribution in [0.5, 0.6) is 0 Å². The fourth-order valence-electron chi connectivity index (χ4n) is 4.04. The standard InChI is InChI=1S/C22H20ClN3O4S/c23-15-5-7-16(8-6-15)24-20-22(11-1-2-12-22)26(21(25-20)31-13-18(27)28)17-9-3-14(4-10-17)19(29)30/h3-10H,1-2,11-13H2,(H,27,28)(H,29,30). The number of amidine groups is 2. The molecule has 2 N–H and O–H groups in total. The first-order valence-corrected chi connectivity index (χ1v) is 11.2. The monoisotopic (exact) mass is 457 g/mol. The zero-order valence-electron chi connectivity index (χ0n) is 16.5. The number of carboxylic acids is 2. The molecule has 9 heteroatoms. The van der Waals surface area contributed by atoms with Gasteiger partial charge in [0.1, 0.15) is 5.54 Å². The van der Waals surface area contributed by atoms with Crippen molar-refractivity contribution in [2.75, 3.05) is 10.7 Å². The molecule has 0 aromatic heterocycles. The predicted molar refractivity (Wildman–Crippen MR) is 123 cm³/mol. The molecule has 2 aromatic carbocycles. The molecule has 1 heterocycles. The summed E-state index contributed by atoms with van der Waals surface area (Å²) in [6.45, 7) is 0. The Hall–Kier alpha value is -2.84. The molecule has 1 saturated carbocycles. The lowest BCUT2D eigenvalue weighted by molar-refractivity contribution is -0.133. The summed E-state index contributed by atoms with van der Waals surface area (Å²) in [5.74, 6) is -1.42. The molecule has 160 valence electrons. The SMILES string of the molecule is O=C(O)CSC1=NC(=Nc2ccc(Cl)cc2)C2(CCCC2)N1c1ccc(C(=O)O)cc1. The maximum absolute atomic E-state index is 11.3. The number of aliphatic imine (C=N–C) groups is 2. The molecule has 4 rings (SSSR count). The number of carboxylic acid groups (broad SMARTS) is 2. The second-order valence-corrected chi connectivity index (χ2v) is 8.79. The number of rotatable bonds is 5. The average molecular weight is 458 g/mol. The molecule has 7 nitrogen and oxygen atoms in total. The molecule has 1 spiro atoms. The van der Waals surface area contributed by atoms with Crippen molar-refractivity contribution in [3.63, 3.8) is 0 Å². The number of carbonyl (C=O) groups is 2. The van der Waals surface area contributed by atoms with Crippen LogP contribution in [0.1, 0.15) is 36.0 Å². The van der Waals surface area contributed by atoms with Crippen LogP contribution in [0.3, 0.4) is 0 Å². The first-order valence-electron chi connectivity index (χ1n) is 9.81. The Morgan fingerprint density at radius 2 is 1.71 bits per heavy atom. The normalized spacial score (nSPS) is 18.5. The molecular formula is C22H20ClN3O4S. The molecule has 0 radical (unpaired) electrons. The first-order chi connectivity index (χ1) is 14.9. The van der Waals surface area contributed by atoms with Crippen molar-refractivity contribution < 1.29 is 19.8 Å². The van der Waals surface area contributed by atoms with E-state index in [2.05, 4.69) is 0 Å². The molecule has 0 saturated heterocycles. The smallest absolute Gasteiger partial charge is 0.335 e. The third kappa shape index (κ3) is 4.31. The molecular weight excluding hydrogens is 438 g/mol. The highest BCUT2D eigenvalue weighted by atomic mass is 35.5. The van der Waals surface area contributed by atoms with Crippen LogP contribution in [-0.2, 0) is 4.79 Å². The highest BCUT2D eigenvalue weighted by molar-refractivity contribution is 8.14. The third-order valence-corrected chi connectivity index (χ3v) is 6.60. The highest BCUT2D eigenvalue weighted by Crippen LogP contribution is 2.45. The molecule has 2 aliphatic rings. The highest BCUT2D eigenvalue weighted by Gasteiger charge is 2.51. The van der Waals surface area contributed by atoms with Crippen molar-refractivity contribution in [2.24, 2.45) is 9.98 Å². The van der Waals surface area contributed by atoms with Crippen LogP contribution in [0.15, 0.2) is 58.5 Å². The number of aromatic carboxylic acids is 1. The molecule has 0 atom stereocenters. The Bertz CT molecular complexity index is 1060. The van der Waals surface area contributed by atoms with Crippen LogP contribution in [-0.4, -0.2) is 44.4 Å². The Kier molecular flexibility index (Phi) is 6.02. The quantitative estimate of drug-likeness (QED) is 0.649. The number of nitrogens with zero attached hydrogens (tertiary/aromatic N) is 3. The fourth-order valence-corrected chi connectivity index (χ4v) is 4.97. The van der Waals surface area contributed by atoms with E-state index in [1.165, 1.54) is 0 Å². The number of halogens is 1. The summed E-state index contributed by atoms with van der Waals surface area (Å²) in [5.41, 5.74) is 1.19. The number of anilines is 1. The third-order valence-electron chi connectivity index (χ3n) is 5.43. The van der Waals surface area contributed by atoms with Crippen molar-refractivity contribution in [3.8, 4) is 0 Å². The van der Waals surface area contributed by atoms with Crippen LogP contribution in [0.2, 0.25) is 5.02 Å². The summed E-state index contributed by atoms with van der Waals surface area (Å²) in [6.07, 6.45) is 3.63. The minimum atomic E-state index is -0.998. The topological polar surface area (TPSA) is 103 Å². The van der Waals surface area contributed by atoms with Crippen molar-refractivity contribution in [3.05, 3.63) is 59.1 Å². The summed E-state index contributed by atoms with van der Waals surface area (Å²) in [4.78, 5) is 34.1.